The second-order valence-corrected chi connectivity index (χ2v) is 5.31. The molecule has 0 bridgehead atoms. The molecule has 1 aromatic heterocycles. The topological polar surface area (TPSA) is 25.2 Å². The predicted octanol–water partition coefficient (Wildman–Crippen LogP) is 3.98. The van der Waals surface area contributed by atoms with E-state index in [0.29, 0.717) is 5.92 Å². The van der Waals surface area contributed by atoms with E-state index in [2.05, 4.69) is 52.4 Å². The minimum atomic E-state index is 0.472. The largest absolute Gasteiger partial charge is 0.472 e. The van der Waals surface area contributed by atoms with Gasteiger partial charge >= 0.3 is 0 Å². The molecular weight excluding hydrogens is 290 g/mol. The molecule has 0 aliphatic rings. The number of rotatable bonds is 6. The predicted molar refractivity (Wildman–Crippen MR) is 77.8 cm³/mol. The van der Waals surface area contributed by atoms with Crippen molar-refractivity contribution >= 4 is 15.9 Å². The van der Waals surface area contributed by atoms with E-state index < -0.39 is 0 Å². The molecule has 0 radical (unpaired) electrons. The molecule has 18 heavy (non-hydrogen) atoms. The van der Waals surface area contributed by atoms with Gasteiger partial charge in [-0.1, -0.05) is 35.0 Å². The number of benzene rings is 1. The fourth-order valence-electron chi connectivity index (χ4n) is 2.08. The van der Waals surface area contributed by atoms with Crippen molar-refractivity contribution in [1.82, 2.24) is 5.32 Å². The molecule has 0 saturated heterocycles. The number of nitrogens with one attached hydrogen (secondary N) is 1. The number of hydrogen-bond acceptors (Lipinski definition) is 2. The average Bonchev–Trinajstić information content (AvgIpc) is 2.87. The maximum Gasteiger partial charge on any atom is 0.0934 e. The van der Waals surface area contributed by atoms with Crippen LogP contribution in [0.3, 0.4) is 0 Å². The Hall–Kier alpha value is -1.06. The van der Waals surface area contributed by atoms with E-state index in [4.69, 9.17) is 4.42 Å². The summed E-state index contributed by atoms with van der Waals surface area (Å²) in [5.41, 5.74) is 2.60. The second-order valence-electron chi connectivity index (χ2n) is 4.40. The van der Waals surface area contributed by atoms with Crippen LogP contribution in [-0.2, 0) is 6.42 Å². The van der Waals surface area contributed by atoms with E-state index in [1.165, 1.54) is 11.1 Å². The summed E-state index contributed by atoms with van der Waals surface area (Å²) < 4.78 is 6.28. The Kier molecular flexibility index (Phi) is 5.02. The van der Waals surface area contributed by atoms with E-state index in [0.717, 1.165) is 24.0 Å². The number of hydrogen-bond donors (Lipinski definition) is 1. The van der Waals surface area contributed by atoms with E-state index in [1.54, 1.807) is 6.26 Å². The quantitative estimate of drug-likeness (QED) is 0.873. The molecule has 0 saturated carbocycles. The van der Waals surface area contributed by atoms with Gasteiger partial charge in [0.15, 0.2) is 0 Å². The zero-order chi connectivity index (χ0) is 12.8. The maximum atomic E-state index is 5.15. The summed E-state index contributed by atoms with van der Waals surface area (Å²) in [6.45, 7) is 4.11. The summed E-state index contributed by atoms with van der Waals surface area (Å²) in [6.07, 6.45) is 4.57. The van der Waals surface area contributed by atoms with Crippen LogP contribution >= 0.6 is 15.9 Å². The van der Waals surface area contributed by atoms with Crippen molar-refractivity contribution in [3.63, 3.8) is 0 Å². The average molecular weight is 308 g/mol. The Morgan fingerprint density at radius 3 is 2.89 bits per heavy atom. The van der Waals surface area contributed by atoms with Crippen LogP contribution in [0.5, 0.6) is 0 Å². The highest BCUT2D eigenvalue weighted by Gasteiger charge is 2.13. The molecular formula is C15H18BrNO. The fraction of sp³-hybridized carbons (Fsp3) is 0.333. The minimum absolute atomic E-state index is 0.472. The van der Waals surface area contributed by atoms with Gasteiger partial charge in [0, 0.05) is 16.9 Å². The van der Waals surface area contributed by atoms with Gasteiger partial charge in [-0.3, -0.25) is 0 Å². The normalized spacial score (nSPS) is 12.6. The van der Waals surface area contributed by atoms with Crippen LogP contribution in [0.1, 0.15) is 24.0 Å². The molecule has 2 aromatic rings. The van der Waals surface area contributed by atoms with Crippen molar-refractivity contribution in [2.24, 2.45) is 0 Å². The Labute approximate surface area is 117 Å². The standard InChI is InChI=1S/C15H18BrNO/c1-2-17-10-14(8-12-6-7-18-11-12)13-4-3-5-15(16)9-13/h3-7,9,11,14,17H,2,8,10H2,1H3. The van der Waals surface area contributed by atoms with Crippen LogP contribution in [0, 0.1) is 0 Å². The van der Waals surface area contributed by atoms with Crippen molar-refractivity contribution in [1.29, 1.82) is 0 Å². The third-order valence-electron chi connectivity index (χ3n) is 3.02. The van der Waals surface area contributed by atoms with Crippen LogP contribution < -0.4 is 5.32 Å². The molecule has 0 aliphatic carbocycles. The van der Waals surface area contributed by atoms with E-state index >= 15 is 0 Å². The molecule has 0 aliphatic heterocycles. The molecule has 0 fully saturated rings. The highest BCUT2D eigenvalue weighted by molar-refractivity contribution is 9.10. The van der Waals surface area contributed by atoms with E-state index in [9.17, 15) is 0 Å². The van der Waals surface area contributed by atoms with Crippen LogP contribution in [0.2, 0.25) is 0 Å². The van der Waals surface area contributed by atoms with E-state index in [-0.39, 0.29) is 0 Å². The minimum Gasteiger partial charge on any atom is -0.472 e. The van der Waals surface area contributed by atoms with E-state index in [1.807, 2.05) is 12.3 Å². The lowest BCUT2D eigenvalue weighted by Gasteiger charge is -2.17. The first-order chi connectivity index (χ1) is 8.79. The number of likely N-dealkylation sites (N-methyl/N-ethyl adjacent to an activating group) is 1. The Morgan fingerprint density at radius 2 is 2.22 bits per heavy atom. The van der Waals surface area contributed by atoms with Crippen molar-refractivity contribution in [2.75, 3.05) is 13.1 Å². The molecule has 96 valence electrons. The third-order valence-corrected chi connectivity index (χ3v) is 3.52. The molecule has 2 rings (SSSR count). The molecule has 1 aromatic carbocycles. The van der Waals surface area contributed by atoms with Crippen molar-refractivity contribution in [3.05, 3.63) is 58.5 Å². The van der Waals surface area contributed by atoms with Gasteiger partial charge in [0.2, 0.25) is 0 Å². The summed E-state index contributed by atoms with van der Waals surface area (Å²) in [5.74, 6) is 0.472. The van der Waals surface area contributed by atoms with Crippen LogP contribution in [0.15, 0.2) is 51.7 Å². The van der Waals surface area contributed by atoms with Crippen molar-refractivity contribution in [2.45, 2.75) is 19.3 Å². The van der Waals surface area contributed by atoms with Gasteiger partial charge in [0.25, 0.3) is 0 Å². The smallest absolute Gasteiger partial charge is 0.0934 e. The van der Waals surface area contributed by atoms with Crippen LogP contribution in [0.4, 0.5) is 0 Å². The zero-order valence-corrected chi connectivity index (χ0v) is 12.1. The van der Waals surface area contributed by atoms with Crippen LogP contribution in [-0.4, -0.2) is 13.1 Å². The first kappa shape index (κ1) is 13.4. The summed E-state index contributed by atoms with van der Waals surface area (Å²) in [7, 11) is 0. The lowest BCUT2D eigenvalue weighted by Crippen LogP contribution is -2.22. The summed E-state index contributed by atoms with van der Waals surface area (Å²) in [4.78, 5) is 0. The number of furan rings is 1. The van der Waals surface area contributed by atoms with Gasteiger partial charge in [-0.15, -0.1) is 0 Å². The summed E-state index contributed by atoms with van der Waals surface area (Å²) >= 11 is 3.54. The third kappa shape index (κ3) is 3.72. The Bertz CT molecular complexity index is 467. The van der Waals surface area contributed by atoms with Gasteiger partial charge in [-0.05, 0) is 42.3 Å². The van der Waals surface area contributed by atoms with Gasteiger partial charge in [-0.2, -0.15) is 0 Å². The maximum absolute atomic E-state index is 5.15. The first-order valence-corrected chi connectivity index (χ1v) is 7.06. The lowest BCUT2D eigenvalue weighted by atomic mass is 9.93. The fourth-order valence-corrected chi connectivity index (χ4v) is 2.50. The first-order valence-electron chi connectivity index (χ1n) is 6.27. The molecule has 1 unspecified atom stereocenters. The van der Waals surface area contributed by atoms with Gasteiger partial charge < -0.3 is 9.73 Å². The number of halogens is 1. The summed E-state index contributed by atoms with van der Waals surface area (Å²) in [6, 6.07) is 10.6. The zero-order valence-electron chi connectivity index (χ0n) is 10.5. The molecule has 0 amide bonds. The van der Waals surface area contributed by atoms with Crippen LogP contribution in [0.25, 0.3) is 0 Å². The van der Waals surface area contributed by atoms with Gasteiger partial charge in [0.05, 0.1) is 12.5 Å². The molecule has 3 heteroatoms. The highest BCUT2D eigenvalue weighted by Crippen LogP contribution is 2.23. The monoisotopic (exact) mass is 307 g/mol. The molecule has 1 N–H and O–H groups in total. The second kappa shape index (κ2) is 6.76. The lowest BCUT2D eigenvalue weighted by molar-refractivity contribution is 0.555. The molecule has 1 atom stereocenters. The Balaban J connectivity index is 2.13. The molecule has 0 spiro atoms. The summed E-state index contributed by atoms with van der Waals surface area (Å²) in [5, 5.41) is 3.43. The SMILES string of the molecule is CCNCC(Cc1ccoc1)c1cccc(Br)c1. The Morgan fingerprint density at radius 1 is 1.33 bits per heavy atom. The van der Waals surface area contributed by atoms with Gasteiger partial charge in [0.1, 0.15) is 0 Å². The molecule has 2 nitrogen and oxygen atoms in total. The van der Waals surface area contributed by atoms with Crippen molar-refractivity contribution in [3.8, 4) is 0 Å². The molecule has 1 heterocycles. The van der Waals surface area contributed by atoms with Gasteiger partial charge in [-0.25, -0.2) is 0 Å². The highest BCUT2D eigenvalue weighted by atomic mass is 79.9. The van der Waals surface area contributed by atoms with Crippen molar-refractivity contribution < 1.29 is 4.42 Å².